The van der Waals surface area contributed by atoms with Gasteiger partial charge in [0.2, 0.25) is 10.0 Å². The van der Waals surface area contributed by atoms with Crippen LogP contribution in [0.3, 0.4) is 0 Å². The molecule has 8 nitrogen and oxygen atoms in total. The van der Waals surface area contributed by atoms with Crippen LogP contribution in [0.1, 0.15) is 30.3 Å². The highest BCUT2D eigenvalue weighted by Crippen LogP contribution is 2.22. The molecule has 0 spiro atoms. The summed E-state index contributed by atoms with van der Waals surface area (Å²) < 4.78 is 29.4. The number of nitriles is 1. The van der Waals surface area contributed by atoms with Gasteiger partial charge in [-0.1, -0.05) is 6.92 Å². The molecule has 1 saturated heterocycles. The van der Waals surface area contributed by atoms with E-state index >= 15 is 0 Å². The quantitative estimate of drug-likeness (QED) is 0.497. The fourth-order valence-electron chi connectivity index (χ4n) is 3.93. The molecule has 176 valence electrons. The van der Waals surface area contributed by atoms with Gasteiger partial charge in [-0.2, -0.15) is 9.57 Å². The molecule has 1 aromatic heterocycles. The van der Waals surface area contributed by atoms with Crippen LogP contribution in [0.5, 0.6) is 0 Å². The number of amides is 1. The molecular formula is C24H31N5O3S. The van der Waals surface area contributed by atoms with Crippen molar-refractivity contribution >= 4 is 27.7 Å². The van der Waals surface area contributed by atoms with E-state index in [9.17, 15) is 18.5 Å². The van der Waals surface area contributed by atoms with E-state index in [0.717, 1.165) is 29.9 Å². The average Bonchev–Trinajstić information content (AvgIpc) is 3.05. The number of aryl methyl sites for hydroxylation is 1. The monoisotopic (exact) mass is 469 g/mol. The molecule has 1 N–H and O–H groups in total. The van der Waals surface area contributed by atoms with E-state index < -0.39 is 15.9 Å². The Hall–Kier alpha value is -2.93. The van der Waals surface area contributed by atoms with Gasteiger partial charge in [0.15, 0.2) is 0 Å². The first-order valence-electron chi connectivity index (χ1n) is 11.1. The van der Waals surface area contributed by atoms with Crippen molar-refractivity contribution in [2.75, 3.05) is 38.5 Å². The van der Waals surface area contributed by atoms with Crippen molar-refractivity contribution in [3.63, 3.8) is 0 Å². The van der Waals surface area contributed by atoms with Crippen LogP contribution in [0.2, 0.25) is 0 Å². The van der Waals surface area contributed by atoms with Gasteiger partial charge in [-0.05, 0) is 69.3 Å². The fraction of sp³-hybridized carbons (Fsp3) is 0.417. The number of aromatic nitrogens is 1. The molecule has 1 amide bonds. The van der Waals surface area contributed by atoms with Crippen molar-refractivity contribution in [2.45, 2.75) is 38.6 Å². The molecule has 1 aromatic carbocycles. The predicted octanol–water partition coefficient (Wildman–Crippen LogP) is 3.00. The third-order valence-corrected chi connectivity index (χ3v) is 7.85. The summed E-state index contributed by atoms with van der Waals surface area (Å²) in [6.07, 6.45) is 2.58. The number of carbonyl (C=O) groups excluding carboxylic acids is 1. The number of rotatable bonds is 7. The molecule has 0 radical (unpaired) electrons. The molecule has 0 unspecified atom stereocenters. The van der Waals surface area contributed by atoms with Gasteiger partial charge in [0, 0.05) is 49.8 Å². The van der Waals surface area contributed by atoms with Gasteiger partial charge in [-0.15, -0.1) is 0 Å². The zero-order valence-corrected chi connectivity index (χ0v) is 20.4. The van der Waals surface area contributed by atoms with Crippen LogP contribution in [0.25, 0.3) is 6.08 Å². The Balaban J connectivity index is 1.74. The first-order valence-corrected chi connectivity index (χ1v) is 12.5. The summed E-state index contributed by atoms with van der Waals surface area (Å²) in [7, 11) is -1.61. The molecule has 1 aliphatic heterocycles. The minimum atomic E-state index is -3.58. The molecule has 0 atom stereocenters. The number of nitrogens with zero attached hydrogens (tertiary/aromatic N) is 4. The zero-order valence-electron chi connectivity index (χ0n) is 19.6. The highest BCUT2D eigenvalue weighted by Gasteiger charge is 2.27. The molecule has 0 saturated carbocycles. The second-order valence-electron chi connectivity index (χ2n) is 8.33. The number of carbonyl (C=O) groups is 1. The number of nitrogens with one attached hydrogen (secondary N) is 1. The third-order valence-electron chi connectivity index (χ3n) is 5.94. The second kappa shape index (κ2) is 10.3. The van der Waals surface area contributed by atoms with E-state index in [2.05, 4.69) is 21.7 Å². The van der Waals surface area contributed by atoms with Crippen LogP contribution in [-0.4, -0.2) is 61.3 Å². The van der Waals surface area contributed by atoms with Crippen LogP contribution in [0.15, 0.2) is 40.8 Å². The Bertz CT molecular complexity index is 1180. The number of anilines is 1. The van der Waals surface area contributed by atoms with Crippen molar-refractivity contribution in [3.05, 3.63) is 52.9 Å². The topological polar surface area (TPSA) is 98.4 Å². The van der Waals surface area contributed by atoms with Crippen molar-refractivity contribution in [3.8, 4) is 6.07 Å². The Morgan fingerprint density at radius 2 is 1.79 bits per heavy atom. The summed E-state index contributed by atoms with van der Waals surface area (Å²) in [6.45, 7) is 9.24. The minimum Gasteiger partial charge on any atom is -0.349 e. The van der Waals surface area contributed by atoms with Gasteiger partial charge in [0.1, 0.15) is 11.6 Å². The fourth-order valence-corrected chi connectivity index (χ4v) is 5.35. The van der Waals surface area contributed by atoms with E-state index in [1.165, 1.54) is 16.4 Å². The minimum absolute atomic E-state index is 0.0131. The normalized spacial score (nSPS) is 15.9. The lowest BCUT2D eigenvalue weighted by molar-refractivity contribution is -0.112. The lowest BCUT2D eigenvalue weighted by Gasteiger charge is -2.31. The van der Waals surface area contributed by atoms with Gasteiger partial charge in [0.05, 0.1) is 4.90 Å². The van der Waals surface area contributed by atoms with Crippen molar-refractivity contribution in [2.24, 2.45) is 0 Å². The standard InChI is InChI=1S/C24H31N5O3S/c1-5-10-29-18(2)15-20(19(29)3)16-21(17-25)24(30)26-22-6-8-23(9-7-22)33(31,32)28-13-11-27(4)12-14-28/h6-9,15-16H,5,10-14H2,1-4H3,(H,26,30)/b21-16+. The molecule has 3 rings (SSSR count). The first kappa shape index (κ1) is 24.7. The van der Waals surface area contributed by atoms with Crippen LogP contribution in [0, 0.1) is 25.2 Å². The number of likely N-dealkylation sites (N-methyl/N-ethyl adjacent to an activating group) is 1. The van der Waals surface area contributed by atoms with Gasteiger partial charge >= 0.3 is 0 Å². The summed E-state index contributed by atoms with van der Waals surface area (Å²) in [5.74, 6) is -0.535. The number of sulfonamides is 1. The highest BCUT2D eigenvalue weighted by molar-refractivity contribution is 7.89. The van der Waals surface area contributed by atoms with Crippen LogP contribution >= 0.6 is 0 Å². The molecule has 9 heteroatoms. The Labute approximate surface area is 196 Å². The van der Waals surface area contributed by atoms with Gasteiger partial charge < -0.3 is 14.8 Å². The molecule has 2 aromatic rings. The predicted molar refractivity (Wildman–Crippen MR) is 129 cm³/mol. The van der Waals surface area contributed by atoms with Crippen LogP contribution < -0.4 is 5.32 Å². The summed E-state index contributed by atoms with van der Waals surface area (Å²) in [5.41, 5.74) is 3.33. The molecular weight excluding hydrogens is 438 g/mol. The van der Waals surface area contributed by atoms with E-state index in [-0.39, 0.29) is 10.5 Å². The highest BCUT2D eigenvalue weighted by atomic mass is 32.2. The van der Waals surface area contributed by atoms with Gasteiger partial charge in [-0.25, -0.2) is 8.42 Å². The van der Waals surface area contributed by atoms with Gasteiger partial charge in [0.25, 0.3) is 5.91 Å². The number of benzene rings is 1. The number of hydrogen-bond acceptors (Lipinski definition) is 5. The second-order valence-corrected chi connectivity index (χ2v) is 10.3. The Morgan fingerprint density at radius 3 is 2.36 bits per heavy atom. The molecule has 1 aliphatic rings. The first-order chi connectivity index (χ1) is 15.7. The zero-order chi connectivity index (χ0) is 24.2. The van der Waals surface area contributed by atoms with E-state index in [4.69, 9.17) is 0 Å². The lowest BCUT2D eigenvalue weighted by atomic mass is 10.1. The maximum Gasteiger partial charge on any atom is 0.266 e. The third kappa shape index (κ3) is 5.53. The Kier molecular flexibility index (Phi) is 7.74. The van der Waals surface area contributed by atoms with Gasteiger partial charge in [-0.3, -0.25) is 4.79 Å². The summed E-state index contributed by atoms with van der Waals surface area (Å²) in [5, 5.41) is 12.2. The van der Waals surface area contributed by atoms with Crippen LogP contribution in [-0.2, 0) is 21.4 Å². The number of piperazine rings is 1. The van der Waals surface area contributed by atoms with Crippen molar-refractivity contribution in [1.29, 1.82) is 5.26 Å². The van der Waals surface area contributed by atoms with E-state index in [0.29, 0.717) is 31.9 Å². The maximum atomic E-state index is 12.9. The summed E-state index contributed by atoms with van der Waals surface area (Å²) in [4.78, 5) is 15.0. The maximum absolute atomic E-state index is 12.9. The Morgan fingerprint density at radius 1 is 1.15 bits per heavy atom. The molecule has 0 bridgehead atoms. The van der Waals surface area contributed by atoms with Crippen LogP contribution in [0.4, 0.5) is 5.69 Å². The largest absolute Gasteiger partial charge is 0.349 e. The SMILES string of the molecule is CCCn1c(C)cc(/C=C(\C#N)C(=O)Nc2ccc(S(=O)(=O)N3CCN(C)CC3)cc2)c1C. The summed E-state index contributed by atoms with van der Waals surface area (Å²) in [6, 6.07) is 10.00. The summed E-state index contributed by atoms with van der Waals surface area (Å²) >= 11 is 0. The molecule has 33 heavy (non-hydrogen) atoms. The lowest BCUT2D eigenvalue weighted by Crippen LogP contribution is -2.46. The number of hydrogen-bond donors (Lipinski definition) is 1. The van der Waals surface area contributed by atoms with Crippen molar-refractivity contribution < 1.29 is 13.2 Å². The van der Waals surface area contributed by atoms with Crippen molar-refractivity contribution in [1.82, 2.24) is 13.8 Å². The smallest absolute Gasteiger partial charge is 0.266 e. The molecule has 1 fully saturated rings. The molecule has 0 aliphatic carbocycles. The average molecular weight is 470 g/mol. The van der Waals surface area contributed by atoms with E-state index in [1.807, 2.05) is 33.0 Å². The molecule has 2 heterocycles. The van der Waals surface area contributed by atoms with E-state index in [1.54, 1.807) is 18.2 Å².